The molecular weight excluding hydrogens is 150 g/mol. The molecule has 72 valence electrons. The van der Waals surface area contributed by atoms with E-state index in [1.165, 1.54) is 0 Å². The molecule has 0 rings (SSSR count). The summed E-state index contributed by atoms with van der Waals surface area (Å²) in [6.07, 6.45) is 0. The summed E-state index contributed by atoms with van der Waals surface area (Å²) < 4.78 is 0. The molecule has 0 aromatic carbocycles. The second kappa shape index (κ2) is 4.04. The zero-order valence-electron chi connectivity index (χ0n) is 9.14. The van der Waals surface area contributed by atoms with E-state index < -0.39 is 0 Å². The molecule has 0 unspecified atom stereocenters. The van der Waals surface area contributed by atoms with Gasteiger partial charge in [0.25, 0.3) is 0 Å². The van der Waals surface area contributed by atoms with Crippen molar-refractivity contribution in [2.24, 2.45) is 5.92 Å². The Morgan fingerprint density at radius 3 is 2.08 bits per heavy atom. The SMILES string of the molecule is CC(=O)C(C)(C)N(C)CC(C)C. The Bertz CT molecular complexity index is 161. The molecule has 0 fully saturated rings. The van der Waals surface area contributed by atoms with Crippen LogP contribution in [-0.2, 0) is 4.79 Å². The Morgan fingerprint density at radius 2 is 1.83 bits per heavy atom. The van der Waals surface area contributed by atoms with Gasteiger partial charge in [-0.2, -0.15) is 0 Å². The van der Waals surface area contributed by atoms with Crippen LogP contribution in [-0.4, -0.2) is 29.8 Å². The molecule has 0 aliphatic rings. The van der Waals surface area contributed by atoms with Crippen molar-refractivity contribution in [1.82, 2.24) is 4.90 Å². The molecule has 0 saturated heterocycles. The van der Waals surface area contributed by atoms with Crippen LogP contribution in [0, 0.1) is 5.92 Å². The lowest BCUT2D eigenvalue weighted by molar-refractivity contribution is -0.126. The van der Waals surface area contributed by atoms with Crippen LogP contribution in [0.3, 0.4) is 0 Å². The average Bonchev–Trinajstić information content (AvgIpc) is 1.85. The lowest BCUT2D eigenvalue weighted by Crippen LogP contribution is -2.48. The number of carbonyl (C=O) groups excluding carboxylic acids is 1. The quantitative estimate of drug-likeness (QED) is 0.644. The van der Waals surface area contributed by atoms with Gasteiger partial charge in [-0.15, -0.1) is 0 Å². The van der Waals surface area contributed by atoms with Gasteiger partial charge in [0.15, 0.2) is 0 Å². The number of rotatable bonds is 4. The lowest BCUT2D eigenvalue weighted by atomic mass is 9.97. The van der Waals surface area contributed by atoms with E-state index in [0.29, 0.717) is 5.92 Å². The summed E-state index contributed by atoms with van der Waals surface area (Å²) in [5.74, 6) is 0.833. The summed E-state index contributed by atoms with van der Waals surface area (Å²) in [7, 11) is 2.00. The highest BCUT2D eigenvalue weighted by Crippen LogP contribution is 2.14. The van der Waals surface area contributed by atoms with Crippen LogP contribution in [0.1, 0.15) is 34.6 Å². The van der Waals surface area contributed by atoms with Gasteiger partial charge in [-0.1, -0.05) is 13.8 Å². The van der Waals surface area contributed by atoms with Gasteiger partial charge in [-0.05, 0) is 33.7 Å². The highest BCUT2D eigenvalue weighted by atomic mass is 16.1. The first-order valence-corrected chi connectivity index (χ1v) is 4.50. The van der Waals surface area contributed by atoms with Gasteiger partial charge >= 0.3 is 0 Å². The van der Waals surface area contributed by atoms with Crippen molar-refractivity contribution in [3.8, 4) is 0 Å². The Balaban J connectivity index is 4.25. The second-order valence-corrected chi connectivity index (χ2v) is 4.39. The van der Waals surface area contributed by atoms with Crippen molar-refractivity contribution in [2.45, 2.75) is 40.2 Å². The summed E-state index contributed by atoms with van der Waals surface area (Å²) in [5.41, 5.74) is -0.315. The molecular formula is C10H21NO. The third kappa shape index (κ3) is 2.94. The molecule has 0 aliphatic carbocycles. The van der Waals surface area contributed by atoms with E-state index in [4.69, 9.17) is 0 Å². The third-order valence-electron chi connectivity index (χ3n) is 2.45. The van der Waals surface area contributed by atoms with E-state index in [9.17, 15) is 4.79 Å². The number of hydrogen-bond donors (Lipinski definition) is 0. The van der Waals surface area contributed by atoms with Crippen molar-refractivity contribution in [3.63, 3.8) is 0 Å². The molecule has 0 saturated carbocycles. The zero-order valence-corrected chi connectivity index (χ0v) is 9.14. The Kier molecular flexibility index (Phi) is 3.91. The van der Waals surface area contributed by atoms with Crippen molar-refractivity contribution in [3.05, 3.63) is 0 Å². The maximum atomic E-state index is 11.2. The van der Waals surface area contributed by atoms with Crippen molar-refractivity contribution < 1.29 is 4.79 Å². The number of Topliss-reactive ketones (excluding diaryl/α,β-unsaturated/α-hetero) is 1. The van der Waals surface area contributed by atoms with Gasteiger partial charge in [-0.3, -0.25) is 9.69 Å². The topological polar surface area (TPSA) is 20.3 Å². The fraction of sp³-hybridized carbons (Fsp3) is 0.900. The fourth-order valence-corrected chi connectivity index (χ4v) is 1.04. The smallest absolute Gasteiger partial charge is 0.149 e. The molecule has 0 atom stereocenters. The highest BCUT2D eigenvalue weighted by Gasteiger charge is 2.28. The molecule has 0 radical (unpaired) electrons. The van der Waals surface area contributed by atoms with Gasteiger partial charge in [0, 0.05) is 6.54 Å². The number of nitrogens with zero attached hydrogens (tertiary/aromatic N) is 1. The molecule has 2 heteroatoms. The van der Waals surface area contributed by atoms with Gasteiger partial charge in [0.05, 0.1) is 5.54 Å². The van der Waals surface area contributed by atoms with Crippen molar-refractivity contribution in [2.75, 3.05) is 13.6 Å². The van der Waals surface area contributed by atoms with Crippen molar-refractivity contribution >= 4 is 5.78 Å². The lowest BCUT2D eigenvalue weighted by Gasteiger charge is -2.34. The van der Waals surface area contributed by atoms with Gasteiger partial charge in [0.1, 0.15) is 5.78 Å². The van der Waals surface area contributed by atoms with E-state index in [2.05, 4.69) is 18.7 Å². The van der Waals surface area contributed by atoms with Crippen molar-refractivity contribution in [1.29, 1.82) is 0 Å². The number of hydrogen-bond acceptors (Lipinski definition) is 2. The van der Waals surface area contributed by atoms with Crippen LogP contribution in [0.2, 0.25) is 0 Å². The predicted octanol–water partition coefficient (Wildman–Crippen LogP) is 1.94. The minimum Gasteiger partial charge on any atom is -0.298 e. The Labute approximate surface area is 75.9 Å². The van der Waals surface area contributed by atoms with Crippen LogP contribution >= 0.6 is 0 Å². The van der Waals surface area contributed by atoms with E-state index in [-0.39, 0.29) is 11.3 Å². The molecule has 0 aromatic rings. The minimum atomic E-state index is -0.315. The summed E-state index contributed by atoms with van der Waals surface area (Å²) in [5, 5.41) is 0. The average molecular weight is 171 g/mol. The molecule has 0 aromatic heterocycles. The van der Waals surface area contributed by atoms with Crippen LogP contribution in [0.4, 0.5) is 0 Å². The van der Waals surface area contributed by atoms with E-state index in [1.54, 1.807) is 6.92 Å². The molecule has 0 spiro atoms. The predicted molar refractivity (Wildman–Crippen MR) is 52.2 cm³/mol. The summed E-state index contributed by atoms with van der Waals surface area (Å²) in [6, 6.07) is 0. The number of likely N-dealkylation sites (N-methyl/N-ethyl adjacent to an activating group) is 1. The van der Waals surface area contributed by atoms with Crippen LogP contribution in [0.5, 0.6) is 0 Å². The molecule has 0 N–H and O–H groups in total. The first-order chi connectivity index (χ1) is 5.28. The van der Waals surface area contributed by atoms with E-state index in [1.807, 2.05) is 20.9 Å². The maximum Gasteiger partial charge on any atom is 0.149 e. The molecule has 0 heterocycles. The fourth-order valence-electron chi connectivity index (χ4n) is 1.04. The monoisotopic (exact) mass is 171 g/mol. The van der Waals surface area contributed by atoms with Gasteiger partial charge in [-0.25, -0.2) is 0 Å². The molecule has 12 heavy (non-hydrogen) atoms. The van der Waals surface area contributed by atoms with Gasteiger partial charge < -0.3 is 0 Å². The number of ketones is 1. The summed E-state index contributed by atoms with van der Waals surface area (Å²) >= 11 is 0. The molecule has 0 bridgehead atoms. The Morgan fingerprint density at radius 1 is 1.42 bits per heavy atom. The summed E-state index contributed by atoms with van der Waals surface area (Å²) in [4.78, 5) is 13.4. The normalized spacial score (nSPS) is 12.7. The van der Waals surface area contributed by atoms with Crippen LogP contribution in [0.15, 0.2) is 0 Å². The maximum absolute atomic E-state index is 11.2. The Hall–Kier alpha value is -0.370. The largest absolute Gasteiger partial charge is 0.298 e. The van der Waals surface area contributed by atoms with E-state index in [0.717, 1.165) is 6.54 Å². The van der Waals surface area contributed by atoms with E-state index >= 15 is 0 Å². The first kappa shape index (κ1) is 11.6. The molecule has 0 aliphatic heterocycles. The van der Waals surface area contributed by atoms with Crippen LogP contribution in [0.25, 0.3) is 0 Å². The minimum absolute atomic E-state index is 0.227. The molecule has 0 amide bonds. The zero-order chi connectivity index (χ0) is 9.94. The van der Waals surface area contributed by atoms with Gasteiger partial charge in [0.2, 0.25) is 0 Å². The highest BCUT2D eigenvalue weighted by molar-refractivity contribution is 5.85. The first-order valence-electron chi connectivity index (χ1n) is 4.50. The second-order valence-electron chi connectivity index (χ2n) is 4.39. The standard InChI is InChI=1S/C10H21NO/c1-8(2)7-11(6)10(4,5)9(3)12/h8H,7H2,1-6H3. The summed E-state index contributed by atoms with van der Waals surface area (Å²) in [6.45, 7) is 10.9. The molecule has 2 nitrogen and oxygen atoms in total. The third-order valence-corrected chi connectivity index (χ3v) is 2.45. The number of carbonyl (C=O) groups is 1. The van der Waals surface area contributed by atoms with Crippen LogP contribution < -0.4 is 0 Å².